The Morgan fingerprint density at radius 2 is 1.45 bits per heavy atom. The van der Waals surface area contributed by atoms with Crippen LogP contribution in [-0.2, 0) is 14.1 Å². The van der Waals surface area contributed by atoms with E-state index >= 15 is 0 Å². The van der Waals surface area contributed by atoms with Crippen LogP contribution in [0.5, 0.6) is 0 Å². The summed E-state index contributed by atoms with van der Waals surface area (Å²) in [6, 6.07) is 3.82. The second-order valence-electron chi connectivity index (χ2n) is 5.03. The molecule has 0 saturated carbocycles. The molecule has 0 aliphatic heterocycles. The third kappa shape index (κ3) is 1.57. The fourth-order valence-electron chi connectivity index (χ4n) is 2.24. The molecule has 0 radical (unpaired) electrons. The highest BCUT2D eigenvalue weighted by molar-refractivity contribution is 5.84. The second kappa shape index (κ2) is 4.00. The van der Waals surface area contributed by atoms with E-state index in [9.17, 15) is 9.59 Å². The fourth-order valence-corrected chi connectivity index (χ4v) is 2.24. The van der Waals surface area contributed by atoms with Crippen LogP contribution in [0.15, 0.2) is 21.7 Å². The van der Waals surface area contributed by atoms with Gasteiger partial charge in [-0.2, -0.15) is 0 Å². The predicted octanol–water partition coefficient (Wildman–Crippen LogP) is 0.797. The van der Waals surface area contributed by atoms with E-state index in [4.69, 9.17) is 0 Å². The zero-order valence-electron chi connectivity index (χ0n) is 11.8. The maximum Gasteiger partial charge on any atom is 0.332 e. The Labute approximate surface area is 114 Å². The molecule has 0 atom stereocenters. The smallest absolute Gasteiger partial charge is 0.279 e. The number of fused-ring (bicyclic) bond motifs is 2. The molecule has 1 aromatic carbocycles. The average molecular weight is 270 g/mol. The van der Waals surface area contributed by atoms with E-state index in [-0.39, 0.29) is 5.52 Å². The third-order valence-corrected chi connectivity index (χ3v) is 3.66. The van der Waals surface area contributed by atoms with Gasteiger partial charge >= 0.3 is 5.69 Å². The van der Waals surface area contributed by atoms with Crippen molar-refractivity contribution in [3.8, 4) is 0 Å². The maximum atomic E-state index is 12.1. The van der Waals surface area contributed by atoms with E-state index < -0.39 is 11.2 Å². The van der Waals surface area contributed by atoms with Gasteiger partial charge in [-0.15, -0.1) is 0 Å². The van der Waals surface area contributed by atoms with E-state index in [2.05, 4.69) is 9.97 Å². The van der Waals surface area contributed by atoms with E-state index in [1.165, 1.54) is 11.6 Å². The van der Waals surface area contributed by atoms with Gasteiger partial charge in [-0.05, 0) is 37.1 Å². The zero-order valence-corrected chi connectivity index (χ0v) is 11.8. The molecule has 6 heteroatoms. The average Bonchev–Trinajstić information content (AvgIpc) is 2.43. The van der Waals surface area contributed by atoms with Crippen LogP contribution >= 0.6 is 0 Å². The number of benzene rings is 1. The van der Waals surface area contributed by atoms with Crippen molar-refractivity contribution in [1.29, 1.82) is 0 Å². The molecule has 20 heavy (non-hydrogen) atoms. The molecule has 0 bridgehead atoms. The summed E-state index contributed by atoms with van der Waals surface area (Å²) < 4.78 is 2.39. The van der Waals surface area contributed by atoms with Crippen LogP contribution in [0, 0.1) is 13.8 Å². The molecule has 0 aliphatic rings. The minimum absolute atomic E-state index is 0.213. The summed E-state index contributed by atoms with van der Waals surface area (Å²) in [5, 5.41) is 0. The molecule has 2 heterocycles. The van der Waals surface area contributed by atoms with Gasteiger partial charge in [0.05, 0.1) is 11.0 Å². The number of hydrogen-bond donors (Lipinski definition) is 0. The Hall–Kier alpha value is -2.50. The second-order valence-corrected chi connectivity index (χ2v) is 5.03. The van der Waals surface area contributed by atoms with Crippen LogP contribution in [0.2, 0.25) is 0 Å². The first-order valence-electron chi connectivity index (χ1n) is 6.25. The summed E-state index contributed by atoms with van der Waals surface area (Å²) in [5.74, 6) is 0. The van der Waals surface area contributed by atoms with Crippen molar-refractivity contribution in [2.75, 3.05) is 0 Å². The normalized spacial score (nSPS) is 11.4. The molecule has 3 aromatic rings. The number of aryl methyl sites for hydroxylation is 3. The van der Waals surface area contributed by atoms with Crippen molar-refractivity contribution >= 4 is 22.2 Å². The van der Waals surface area contributed by atoms with Gasteiger partial charge in [0, 0.05) is 14.1 Å². The van der Waals surface area contributed by atoms with Crippen molar-refractivity contribution in [3.63, 3.8) is 0 Å². The number of rotatable bonds is 0. The first-order chi connectivity index (χ1) is 9.40. The van der Waals surface area contributed by atoms with E-state index in [0.717, 1.165) is 15.7 Å². The summed E-state index contributed by atoms with van der Waals surface area (Å²) in [6.45, 7) is 3.98. The van der Waals surface area contributed by atoms with E-state index in [1.807, 2.05) is 26.0 Å². The third-order valence-electron chi connectivity index (χ3n) is 3.66. The Morgan fingerprint density at radius 3 is 2.05 bits per heavy atom. The molecule has 0 fully saturated rings. The fraction of sp³-hybridized carbons (Fsp3) is 0.286. The molecule has 6 nitrogen and oxygen atoms in total. The lowest BCUT2D eigenvalue weighted by Gasteiger charge is -2.08. The largest absolute Gasteiger partial charge is 0.332 e. The van der Waals surface area contributed by atoms with Crippen LogP contribution in [0.4, 0.5) is 0 Å². The van der Waals surface area contributed by atoms with Crippen LogP contribution in [-0.4, -0.2) is 19.1 Å². The quantitative estimate of drug-likeness (QED) is 0.566. The summed E-state index contributed by atoms with van der Waals surface area (Å²) in [4.78, 5) is 32.9. The topological polar surface area (TPSA) is 69.8 Å². The lowest BCUT2D eigenvalue weighted by atomic mass is 10.1. The number of hydrogen-bond acceptors (Lipinski definition) is 4. The van der Waals surface area contributed by atoms with Crippen LogP contribution in [0.25, 0.3) is 22.2 Å². The van der Waals surface area contributed by atoms with Gasteiger partial charge in [0.2, 0.25) is 0 Å². The SMILES string of the molecule is Cc1cc2nc3c(=O)n(C)c(=O)n(C)c3nc2cc1C. The van der Waals surface area contributed by atoms with Gasteiger partial charge in [-0.1, -0.05) is 0 Å². The Morgan fingerprint density at radius 1 is 0.900 bits per heavy atom. The van der Waals surface area contributed by atoms with Crippen molar-refractivity contribution < 1.29 is 0 Å². The first-order valence-corrected chi connectivity index (χ1v) is 6.25. The minimum atomic E-state index is -0.421. The van der Waals surface area contributed by atoms with E-state index in [1.54, 1.807) is 7.05 Å². The maximum absolute atomic E-state index is 12.1. The highest BCUT2D eigenvalue weighted by Crippen LogP contribution is 2.17. The predicted molar refractivity (Wildman–Crippen MR) is 77.0 cm³/mol. The zero-order chi connectivity index (χ0) is 14.6. The van der Waals surface area contributed by atoms with Crippen LogP contribution in [0.3, 0.4) is 0 Å². The number of nitrogens with zero attached hydrogens (tertiary/aromatic N) is 4. The summed E-state index contributed by atoms with van der Waals surface area (Å²) in [5.41, 5.74) is 3.24. The van der Waals surface area contributed by atoms with Gasteiger partial charge < -0.3 is 0 Å². The summed E-state index contributed by atoms with van der Waals surface area (Å²) in [7, 11) is 3.03. The summed E-state index contributed by atoms with van der Waals surface area (Å²) in [6.07, 6.45) is 0. The van der Waals surface area contributed by atoms with Crippen molar-refractivity contribution in [2.24, 2.45) is 14.1 Å². The molecule has 0 amide bonds. The lowest BCUT2D eigenvalue weighted by molar-refractivity contribution is 0.706. The van der Waals surface area contributed by atoms with Gasteiger partial charge in [-0.25, -0.2) is 14.8 Å². The molecule has 0 N–H and O–H groups in total. The van der Waals surface area contributed by atoms with E-state index in [0.29, 0.717) is 16.7 Å². The molecule has 102 valence electrons. The van der Waals surface area contributed by atoms with Crippen LogP contribution in [0.1, 0.15) is 11.1 Å². The molecule has 0 unspecified atom stereocenters. The van der Waals surface area contributed by atoms with Crippen molar-refractivity contribution in [1.82, 2.24) is 19.1 Å². The Kier molecular flexibility index (Phi) is 2.50. The molecular weight excluding hydrogens is 256 g/mol. The first kappa shape index (κ1) is 12.5. The monoisotopic (exact) mass is 270 g/mol. The number of aromatic nitrogens is 4. The summed E-state index contributed by atoms with van der Waals surface area (Å²) >= 11 is 0. The highest BCUT2D eigenvalue weighted by Gasteiger charge is 2.12. The Balaban J connectivity index is 2.61. The standard InChI is InChI=1S/C14H14N4O2/c1-7-5-9-10(6-8(7)2)16-12-11(15-9)13(19)18(4)14(20)17(12)3/h5-6H,1-4H3. The molecule has 3 rings (SSSR count). The van der Waals surface area contributed by atoms with Gasteiger partial charge in [-0.3, -0.25) is 13.9 Å². The van der Waals surface area contributed by atoms with Crippen molar-refractivity contribution in [3.05, 3.63) is 44.1 Å². The molecule has 0 aliphatic carbocycles. The molecule has 2 aromatic heterocycles. The Bertz CT molecular complexity index is 983. The van der Waals surface area contributed by atoms with Gasteiger partial charge in [0.25, 0.3) is 5.56 Å². The lowest BCUT2D eigenvalue weighted by Crippen LogP contribution is -2.37. The van der Waals surface area contributed by atoms with Gasteiger partial charge in [0.15, 0.2) is 11.2 Å². The molecular formula is C14H14N4O2. The van der Waals surface area contributed by atoms with Gasteiger partial charge in [0.1, 0.15) is 0 Å². The molecule has 0 saturated heterocycles. The minimum Gasteiger partial charge on any atom is -0.279 e. The highest BCUT2D eigenvalue weighted by atomic mass is 16.2. The van der Waals surface area contributed by atoms with Crippen LogP contribution < -0.4 is 11.2 Å². The van der Waals surface area contributed by atoms with Crippen molar-refractivity contribution in [2.45, 2.75) is 13.8 Å². The molecule has 0 spiro atoms.